The van der Waals surface area contributed by atoms with Gasteiger partial charge in [0, 0.05) is 0 Å². The van der Waals surface area contributed by atoms with E-state index >= 15 is 0 Å². The van der Waals surface area contributed by atoms with E-state index in [0.29, 0.717) is 25.7 Å². The van der Waals surface area contributed by atoms with Crippen molar-refractivity contribution in [2.45, 2.75) is 38.1 Å². The van der Waals surface area contributed by atoms with E-state index in [2.05, 4.69) is 50.2 Å². The van der Waals surface area contributed by atoms with Crippen LogP contribution in [0.4, 0.5) is 0 Å². The molecule has 0 spiro atoms. The summed E-state index contributed by atoms with van der Waals surface area (Å²) in [6.45, 7) is 6.33. The number of hydrogen-bond acceptors (Lipinski definition) is 3. The van der Waals surface area contributed by atoms with Gasteiger partial charge in [0.05, 0.1) is 0 Å². The average molecular weight is 312 g/mol. The first-order valence-corrected chi connectivity index (χ1v) is 8.05. The van der Waals surface area contributed by atoms with Crippen LogP contribution in [0.1, 0.15) is 27.2 Å². The molecule has 3 nitrogen and oxygen atoms in total. The zero-order chi connectivity index (χ0) is 13.2. The van der Waals surface area contributed by atoms with E-state index in [0.717, 1.165) is 6.42 Å². The fourth-order valence-electron chi connectivity index (χ4n) is 2.26. The van der Waals surface area contributed by atoms with Crippen molar-refractivity contribution in [1.29, 1.82) is 0 Å². The van der Waals surface area contributed by atoms with Crippen LogP contribution < -0.4 is 4.46 Å². The number of rotatable bonds is 3. The van der Waals surface area contributed by atoms with Crippen LogP contribution in [0.2, 0.25) is 4.82 Å². The molecule has 1 fully saturated rings. The second-order valence-corrected chi connectivity index (χ2v) is 7.59. The van der Waals surface area contributed by atoms with Gasteiger partial charge in [-0.25, -0.2) is 0 Å². The third-order valence-electron chi connectivity index (χ3n) is 3.36. The maximum atomic E-state index is 9.07. The third-order valence-corrected chi connectivity index (χ3v) is 6.91. The van der Waals surface area contributed by atoms with Crippen molar-refractivity contribution in [3.8, 4) is 0 Å². The second-order valence-electron chi connectivity index (χ2n) is 5.04. The number of hydrogen-bond donors (Lipinski definition) is 1. The fraction of sp³-hybridized carbons (Fsp3) is 0.500. The summed E-state index contributed by atoms with van der Waals surface area (Å²) in [4.78, 5) is 0.406. The van der Waals surface area contributed by atoms with Gasteiger partial charge in [-0.3, -0.25) is 0 Å². The normalized spacial score (nSPS) is 28.3. The molecule has 2 unspecified atom stereocenters. The minimum atomic E-state index is -0.189. The van der Waals surface area contributed by atoms with E-state index in [9.17, 15) is 0 Å². The first-order valence-electron chi connectivity index (χ1n) is 6.20. The molecule has 0 bridgehead atoms. The standard InChI is InChI=1S/C14H19NO2Se/c1-4-11-12(14(2,3)13(15-16)17-11)18-10-8-6-5-7-9-10/h5-9,11-12,16H,4H2,1-3H3/b15-13-. The van der Waals surface area contributed by atoms with E-state index in [-0.39, 0.29) is 11.5 Å². The van der Waals surface area contributed by atoms with Gasteiger partial charge in [0.15, 0.2) is 0 Å². The van der Waals surface area contributed by atoms with Crippen molar-refractivity contribution < 1.29 is 9.94 Å². The van der Waals surface area contributed by atoms with Crippen molar-refractivity contribution in [1.82, 2.24) is 0 Å². The molecule has 1 saturated heterocycles. The summed E-state index contributed by atoms with van der Waals surface area (Å²) in [6, 6.07) is 10.5. The number of ether oxygens (including phenoxy) is 1. The van der Waals surface area contributed by atoms with Gasteiger partial charge < -0.3 is 0 Å². The summed E-state index contributed by atoms with van der Waals surface area (Å²) in [5.74, 6) is 0.483. The van der Waals surface area contributed by atoms with Crippen LogP contribution in [0.3, 0.4) is 0 Å². The minimum absolute atomic E-state index is 0.158. The molecule has 0 aromatic heterocycles. The molecule has 0 saturated carbocycles. The van der Waals surface area contributed by atoms with E-state index in [1.807, 2.05) is 6.07 Å². The Balaban J connectivity index is 2.24. The molecule has 0 aliphatic carbocycles. The van der Waals surface area contributed by atoms with E-state index < -0.39 is 0 Å². The Morgan fingerprint density at radius 1 is 1.33 bits per heavy atom. The van der Waals surface area contributed by atoms with Gasteiger partial charge in [-0.05, 0) is 0 Å². The molecule has 1 aliphatic heterocycles. The number of nitrogens with zero attached hydrogens (tertiary/aromatic N) is 1. The predicted molar refractivity (Wildman–Crippen MR) is 73.7 cm³/mol. The van der Waals surface area contributed by atoms with E-state index in [1.54, 1.807) is 0 Å². The van der Waals surface area contributed by atoms with Gasteiger partial charge in [-0.1, -0.05) is 0 Å². The molecule has 0 radical (unpaired) electrons. The molecule has 1 heterocycles. The molecule has 18 heavy (non-hydrogen) atoms. The van der Waals surface area contributed by atoms with E-state index in [1.165, 1.54) is 4.46 Å². The molecule has 98 valence electrons. The molecule has 1 aliphatic rings. The Morgan fingerprint density at radius 2 is 2.00 bits per heavy atom. The molecule has 0 amide bonds. The van der Waals surface area contributed by atoms with Crippen molar-refractivity contribution in [2.24, 2.45) is 10.6 Å². The summed E-state index contributed by atoms with van der Waals surface area (Å²) in [6.07, 6.45) is 1.10. The quantitative estimate of drug-likeness (QED) is 0.529. The van der Waals surface area contributed by atoms with Crippen LogP contribution in [0, 0.1) is 5.41 Å². The van der Waals surface area contributed by atoms with Crippen LogP contribution >= 0.6 is 0 Å². The van der Waals surface area contributed by atoms with Gasteiger partial charge in [-0.2, -0.15) is 0 Å². The Bertz CT molecular complexity index is 431. The van der Waals surface area contributed by atoms with Crippen LogP contribution in [-0.2, 0) is 4.74 Å². The van der Waals surface area contributed by atoms with Crippen molar-refractivity contribution in [3.63, 3.8) is 0 Å². The zero-order valence-electron chi connectivity index (χ0n) is 11.0. The topological polar surface area (TPSA) is 41.8 Å². The molecule has 1 N–H and O–H groups in total. The summed E-state index contributed by atoms with van der Waals surface area (Å²) in [5.41, 5.74) is -0.189. The summed E-state index contributed by atoms with van der Waals surface area (Å²) >= 11 is 0.317. The third kappa shape index (κ3) is 2.40. The molecule has 1 aromatic rings. The Labute approximate surface area is 114 Å². The van der Waals surface area contributed by atoms with E-state index in [4.69, 9.17) is 9.94 Å². The first-order chi connectivity index (χ1) is 8.59. The zero-order valence-corrected chi connectivity index (χ0v) is 12.7. The van der Waals surface area contributed by atoms with Crippen molar-refractivity contribution in [2.75, 3.05) is 0 Å². The molecule has 2 atom stereocenters. The number of benzene rings is 1. The van der Waals surface area contributed by atoms with Gasteiger partial charge in [-0.15, -0.1) is 0 Å². The molecule has 4 heteroatoms. The van der Waals surface area contributed by atoms with Gasteiger partial charge in [0.25, 0.3) is 0 Å². The molecule has 1 aromatic carbocycles. The summed E-state index contributed by atoms with van der Waals surface area (Å²) in [7, 11) is 0. The van der Waals surface area contributed by atoms with Crippen LogP contribution in [0.5, 0.6) is 0 Å². The predicted octanol–water partition coefficient (Wildman–Crippen LogP) is 2.43. The first kappa shape index (κ1) is 13.4. The van der Waals surface area contributed by atoms with Gasteiger partial charge in [0.2, 0.25) is 0 Å². The monoisotopic (exact) mass is 313 g/mol. The Morgan fingerprint density at radius 3 is 2.56 bits per heavy atom. The SMILES string of the molecule is CCC1O/C(=N\O)C(C)(C)C1[Se]c1ccccc1. The average Bonchev–Trinajstić information content (AvgIpc) is 2.62. The molecular weight excluding hydrogens is 293 g/mol. The summed E-state index contributed by atoms with van der Waals surface area (Å²) < 4.78 is 7.14. The number of oxime groups is 1. The Kier molecular flexibility index (Phi) is 3.98. The fourth-order valence-corrected chi connectivity index (χ4v) is 5.21. The van der Waals surface area contributed by atoms with Crippen LogP contribution in [0.15, 0.2) is 35.5 Å². The van der Waals surface area contributed by atoms with Gasteiger partial charge in [0.1, 0.15) is 0 Å². The van der Waals surface area contributed by atoms with Crippen molar-refractivity contribution in [3.05, 3.63) is 30.3 Å². The van der Waals surface area contributed by atoms with Gasteiger partial charge >= 0.3 is 114 Å². The van der Waals surface area contributed by atoms with Crippen LogP contribution in [0.25, 0.3) is 0 Å². The molecule has 2 rings (SSSR count). The maximum absolute atomic E-state index is 9.07. The Hall–Kier alpha value is -0.991. The molecular formula is C14H19NO2Se. The van der Waals surface area contributed by atoms with Crippen LogP contribution in [-0.4, -0.2) is 32.2 Å². The van der Waals surface area contributed by atoms with Crippen molar-refractivity contribution >= 4 is 25.3 Å². The summed E-state index contributed by atoms with van der Waals surface area (Å²) in [5, 5.41) is 12.4. The second kappa shape index (κ2) is 5.33.